The van der Waals surface area contributed by atoms with Gasteiger partial charge in [-0.25, -0.2) is 9.78 Å². The highest BCUT2D eigenvalue weighted by Crippen LogP contribution is 2.11. The van der Waals surface area contributed by atoms with Crippen molar-refractivity contribution in [2.75, 3.05) is 12.8 Å². The lowest BCUT2D eigenvalue weighted by Crippen LogP contribution is -2.06. The molecule has 0 aliphatic carbocycles. The van der Waals surface area contributed by atoms with E-state index in [1.807, 2.05) is 0 Å². The standard InChI is InChI=1S/C7H7FN2O2/c1-12-7(11)4-2-6(8)10-3-5(4)9/h2-3H,9H2,1H3. The van der Waals surface area contributed by atoms with Crippen molar-refractivity contribution in [2.24, 2.45) is 0 Å². The number of nitrogens with two attached hydrogens (primary N) is 1. The maximum atomic E-state index is 12.5. The van der Waals surface area contributed by atoms with Crippen molar-refractivity contribution in [3.05, 3.63) is 23.8 Å². The van der Waals surface area contributed by atoms with Crippen molar-refractivity contribution >= 4 is 11.7 Å². The molecule has 0 unspecified atom stereocenters. The molecule has 0 aromatic carbocycles. The van der Waals surface area contributed by atoms with E-state index in [0.717, 1.165) is 12.3 Å². The van der Waals surface area contributed by atoms with Crippen LogP contribution >= 0.6 is 0 Å². The highest BCUT2D eigenvalue weighted by molar-refractivity contribution is 5.94. The Morgan fingerprint density at radius 3 is 3.00 bits per heavy atom. The Balaban J connectivity index is 3.13. The maximum absolute atomic E-state index is 12.5. The SMILES string of the molecule is COC(=O)c1cc(F)ncc1N. The van der Waals surface area contributed by atoms with Gasteiger partial charge in [-0.3, -0.25) is 0 Å². The van der Waals surface area contributed by atoms with Gasteiger partial charge in [-0.1, -0.05) is 0 Å². The van der Waals surface area contributed by atoms with Gasteiger partial charge in [0, 0.05) is 6.07 Å². The molecule has 64 valence electrons. The first-order valence-corrected chi connectivity index (χ1v) is 3.14. The molecule has 0 saturated heterocycles. The van der Waals surface area contributed by atoms with Crippen molar-refractivity contribution in [3.63, 3.8) is 0 Å². The van der Waals surface area contributed by atoms with Gasteiger partial charge < -0.3 is 10.5 Å². The topological polar surface area (TPSA) is 65.2 Å². The van der Waals surface area contributed by atoms with Crippen molar-refractivity contribution in [3.8, 4) is 0 Å². The highest BCUT2D eigenvalue weighted by atomic mass is 19.1. The Bertz CT molecular complexity index is 314. The van der Waals surface area contributed by atoms with Gasteiger partial charge in [0.05, 0.1) is 24.6 Å². The summed E-state index contributed by atoms with van der Waals surface area (Å²) >= 11 is 0. The third kappa shape index (κ3) is 1.50. The molecule has 1 heterocycles. The summed E-state index contributed by atoms with van der Waals surface area (Å²) < 4.78 is 16.8. The molecule has 1 aromatic rings. The van der Waals surface area contributed by atoms with E-state index in [-0.39, 0.29) is 11.3 Å². The third-order valence-corrected chi connectivity index (χ3v) is 1.31. The number of anilines is 1. The number of hydrogen-bond donors (Lipinski definition) is 1. The normalized spacial score (nSPS) is 9.50. The molecule has 0 saturated carbocycles. The summed E-state index contributed by atoms with van der Waals surface area (Å²) in [5, 5.41) is 0. The van der Waals surface area contributed by atoms with E-state index in [2.05, 4.69) is 9.72 Å². The Labute approximate surface area is 68.2 Å². The van der Waals surface area contributed by atoms with Gasteiger partial charge in [0.25, 0.3) is 0 Å². The summed E-state index contributed by atoms with van der Waals surface area (Å²) in [7, 11) is 1.19. The summed E-state index contributed by atoms with van der Waals surface area (Å²) in [5.41, 5.74) is 5.43. The number of carbonyl (C=O) groups excluding carboxylic acids is 1. The number of ether oxygens (including phenoxy) is 1. The average Bonchev–Trinajstić information content (AvgIpc) is 2.08. The molecule has 2 N–H and O–H groups in total. The van der Waals surface area contributed by atoms with Crippen LogP contribution in [0.1, 0.15) is 10.4 Å². The largest absolute Gasteiger partial charge is 0.465 e. The van der Waals surface area contributed by atoms with Crippen molar-refractivity contribution in [1.82, 2.24) is 4.98 Å². The van der Waals surface area contributed by atoms with Crippen LogP contribution in [0.25, 0.3) is 0 Å². The molecular formula is C7H7FN2O2. The number of aromatic nitrogens is 1. The second kappa shape index (κ2) is 3.17. The summed E-state index contributed by atoms with van der Waals surface area (Å²) in [4.78, 5) is 14.1. The van der Waals surface area contributed by atoms with Gasteiger partial charge in [-0.05, 0) is 0 Å². The minimum absolute atomic E-state index is 0.00926. The maximum Gasteiger partial charge on any atom is 0.340 e. The number of esters is 1. The van der Waals surface area contributed by atoms with Crippen LogP contribution in [0.4, 0.5) is 10.1 Å². The predicted octanol–water partition coefficient (Wildman–Crippen LogP) is 0.590. The van der Waals surface area contributed by atoms with Gasteiger partial charge >= 0.3 is 5.97 Å². The second-order valence-corrected chi connectivity index (χ2v) is 2.09. The summed E-state index contributed by atoms with van der Waals surface area (Å²) in [6, 6.07) is 0.932. The molecule has 12 heavy (non-hydrogen) atoms. The zero-order valence-electron chi connectivity index (χ0n) is 6.37. The predicted molar refractivity (Wildman–Crippen MR) is 39.9 cm³/mol. The summed E-state index contributed by atoms with van der Waals surface area (Å²) in [6.45, 7) is 0. The smallest absolute Gasteiger partial charge is 0.340 e. The van der Waals surface area contributed by atoms with Crippen LogP contribution in [0.5, 0.6) is 0 Å². The van der Waals surface area contributed by atoms with Crippen LogP contribution in [0.3, 0.4) is 0 Å². The number of halogens is 1. The Hall–Kier alpha value is -1.65. The van der Waals surface area contributed by atoms with Crippen molar-refractivity contribution < 1.29 is 13.9 Å². The number of carbonyl (C=O) groups is 1. The van der Waals surface area contributed by atoms with Crippen molar-refractivity contribution in [2.45, 2.75) is 0 Å². The molecule has 0 aliphatic heterocycles. The first kappa shape index (κ1) is 8.45. The Morgan fingerprint density at radius 1 is 1.75 bits per heavy atom. The first-order valence-electron chi connectivity index (χ1n) is 3.14. The minimum atomic E-state index is -0.760. The molecule has 0 bridgehead atoms. The molecule has 0 radical (unpaired) electrons. The van der Waals surface area contributed by atoms with Crippen LogP contribution in [0.15, 0.2) is 12.3 Å². The van der Waals surface area contributed by atoms with Gasteiger partial charge in [-0.15, -0.1) is 0 Å². The average molecular weight is 170 g/mol. The van der Waals surface area contributed by atoms with Crippen LogP contribution in [0.2, 0.25) is 0 Å². The van der Waals surface area contributed by atoms with E-state index in [9.17, 15) is 9.18 Å². The monoisotopic (exact) mass is 170 g/mol. The van der Waals surface area contributed by atoms with E-state index in [4.69, 9.17) is 5.73 Å². The van der Waals surface area contributed by atoms with E-state index in [1.54, 1.807) is 0 Å². The number of hydrogen-bond acceptors (Lipinski definition) is 4. The van der Waals surface area contributed by atoms with Gasteiger partial charge in [0.15, 0.2) is 0 Å². The van der Waals surface area contributed by atoms with Gasteiger partial charge in [0.1, 0.15) is 0 Å². The number of nitrogen functional groups attached to an aromatic ring is 1. The quantitative estimate of drug-likeness (QED) is 0.494. The Morgan fingerprint density at radius 2 is 2.42 bits per heavy atom. The fourth-order valence-electron chi connectivity index (χ4n) is 0.727. The van der Waals surface area contributed by atoms with E-state index >= 15 is 0 Å². The van der Waals surface area contributed by atoms with Gasteiger partial charge in [-0.2, -0.15) is 4.39 Å². The molecule has 0 fully saturated rings. The molecule has 4 nitrogen and oxygen atoms in total. The minimum Gasteiger partial charge on any atom is -0.465 e. The lowest BCUT2D eigenvalue weighted by molar-refractivity contribution is 0.0601. The number of pyridine rings is 1. The Kier molecular flexibility index (Phi) is 2.23. The van der Waals surface area contributed by atoms with Crippen LogP contribution in [0, 0.1) is 5.95 Å². The third-order valence-electron chi connectivity index (χ3n) is 1.31. The lowest BCUT2D eigenvalue weighted by Gasteiger charge is -2.01. The van der Waals surface area contributed by atoms with Crippen LogP contribution < -0.4 is 5.73 Å². The zero-order valence-corrected chi connectivity index (χ0v) is 6.37. The van der Waals surface area contributed by atoms with Crippen molar-refractivity contribution in [1.29, 1.82) is 0 Å². The number of rotatable bonds is 1. The van der Waals surface area contributed by atoms with Crippen LogP contribution in [-0.4, -0.2) is 18.1 Å². The summed E-state index contributed by atoms with van der Waals surface area (Å²) in [6.07, 6.45) is 1.07. The zero-order chi connectivity index (χ0) is 9.14. The molecule has 1 aromatic heterocycles. The fourth-order valence-corrected chi connectivity index (χ4v) is 0.727. The number of nitrogens with zero attached hydrogens (tertiary/aromatic N) is 1. The van der Waals surface area contributed by atoms with Crippen LogP contribution in [-0.2, 0) is 4.74 Å². The first-order chi connectivity index (χ1) is 5.65. The molecule has 0 aliphatic rings. The van der Waals surface area contributed by atoms with E-state index in [0.29, 0.717) is 0 Å². The molecule has 5 heteroatoms. The molecule has 1 rings (SSSR count). The summed E-state index contributed by atoms with van der Waals surface area (Å²) in [5.74, 6) is -1.43. The highest BCUT2D eigenvalue weighted by Gasteiger charge is 2.10. The fraction of sp³-hybridized carbons (Fsp3) is 0.143. The molecule has 0 atom stereocenters. The van der Waals surface area contributed by atoms with E-state index < -0.39 is 11.9 Å². The van der Waals surface area contributed by atoms with Gasteiger partial charge in [0.2, 0.25) is 5.95 Å². The lowest BCUT2D eigenvalue weighted by atomic mass is 10.2. The molecule has 0 amide bonds. The second-order valence-electron chi connectivity index (χ2n) is 2.09. The van der Waals surface area contributed by atoms with E-state index in [1.165, 1.54) is 7.11 Å². The molecular weight excluding hydrogens is 163 g/mol. The molecule has 0 spiro atoms. The number of methoxy groups -OCH3 is 1.